The van der Waals surface area contributed by atoms with E-state index in [1.165, 1.54) is 11.1 Å². The fourth-order valence-electron chi connectivity index (χ4n) is 2.18. The molecule has 2 N–H and O–H groups in total. The van der Waals surface area contributed by atoms with Gasteiger partial charge in [-0.3, -0.25) is 0 Å². The summed E-state index contributed by atoms with van der Waals surface area (Å²) in [5.41, 5.74) is 4.79. The summed E-state index contributed by atoms with van der Waals surface area (Å²) in [5, 5.41) is 6.85. The Morgan fingerprint density at radius 1 is 1.18 bits per heavy atom. The molecule has 88 valence electrons. The first-order chi connectivity index (χ1) is 8.31. The topological polar surface area (TPSA) is 37.2 Å². The smallest absolute Gasteiger partial charge is 0.116 e. The fourth-order valence-corrected chi connectivity index (χ4v) is 2.18. The molecule has 1 aliphatic heterocycles. The largest absolute Gasteiger partial charge is 0.468 e. The van der Waals surface area contributed by atoms with Crippen molar-refractivity contribution in [1.29, 1.82) is 0 Å². The summed E-state index contributed by atoms with van der Waals surface area (Å²) < 4.78 is 5.16. The van der Waals surface area contributed by atoms with Crippen LogP contribution in [0.15, 0.2) is 41.2 Å². The van der Waals surface area contributed by atoms with Crippen LogP contribution in [0.2, 0.25) is 0 Å². The average Bonchev–Trinajstić information content (AvgIpc) is 2.79. The molecule has 0 radical (unpaired) electrons. The molecule has 0 spiro atoms. The van der Waals surface area contributed by atoms with Gasteiger partial charge in [0.15, 0.2) is 0 Å². The van der Waals surface area contributed by atoms with Crippen molar-refractivity contribution in [3.63, 3.8) is 0 Å². The van der Waals surface area contributed by atoms with Gasteiger partial charge in [-0.15, -0.1) is 0 Å². The second kappa shape index (κ2) is 4.17. The van der Waals surface area contributed by atoms with Gasteiger partial charge in [0.05, 0.1) is 11.4 Å². The third-order valence-corrected chi connectivity index (χ3v) is 3.16. The van der Waals surface area contributed by atoms with Crippen LogP contribution in [0.4, 0.5) is 11.4 Å². The number of aryl methyl sites for hydroxylation is 1. The number of hydrogen-bond donors (Lipinski definition) is 2. The molecule has 3 rings (SSSR count). The van der Waals surface area contributed by atoms with E-state index in [1.54, 1.807) is 12.5 Å². The minimum atomic E-state index is 0.419. The van der Waals surface area contributed by atoms with E-state index in [4.69, 9.17) is 4.42 Å². The summed E-state index contributed by atoms with van der Waals surface area (Å²) in [4.78, 5) is 0. The maximum Gasteiger partial charge on any atom is 0.116 e. The summed E-state index contributed by atoms with van der Waals surface area (Å²) >= 11 is 0. The van der Waals surface area contributed by atoms with Gasteiger partial charge in [0, 0.05) is 12.6 Å². The molecule has 2 heterocycles. The van der Waals surface area contributed by atoms with E-state index < -0.39 is 0 Å². The normalized spacial score (nSPS) is 18.1. The van der Waals surface area contributed by atoms with Gasteiger partial charge in [0.1, 0.15) is 12.5 Å². The van der Waals surface area contributed by atoms with Gasteiger partial charge in [-0.1, -0.05) is 29.8 Å². The number of benzene rings is 1. The van der Waals surface area contributed by atoms with E-state index in [1.807, 2.05) is 0 Å². The maximum absolute atomic E-state index is 5.16. The first-order valence-electron chi connectivity index (χ1n) is 5.93. The van der Waals surface area contributed by atoms with Crippen LogP contribution < -0.4 is 10.6 Å². The monoisotopic (exact) mass is 228 g/mol. The number of hydrogen-bond acceptors (Lipinski definition) is 3. The Labute approximate surface area is 101 Å². The van der Waals surface area contributed by atoms with Crippen molar-refractivity contribution in [3.05, 3.63) is 47.9 Å². The van der Waals surface area contributed by atoms with Crippen molar-refractivity contribution in [2.45, 2.75) is 19.4 Å². The summed E-state index contributed by atoms with van der Waals surface area (Å²) in [6, 6.07) is 9.14. The van der Waals surface area contributed by atoms with Gasteiger partial charge in [-0.25, -0.2) is 0 Å². The Morgan fingerprint density at radius 3 is 2.76 bits per heavy atom. The molecule has 0 saturated carbocycles. The van der Waals surface area contributed by atoms with Gasteiger partial charge in [-0.05, 0) is 18.9 Å². The highest BCUT2D eigenvalue weighted by atomic mass is 16.3. The molecular formula is C14H16N2O. The van der Waals surface area contributed by atoms with Crippen LogP contribution in [-0.4, -0.2) is 12.6 Å². The minimum absolute atomic E-state index is 0.419. The molecule has 0 aliphatic carbocycles. The van der Waals surface area contributed by atoms with E-state index in [0.717, 1.165) is 24.3 Å². The van der Waals surface area contributed by atoms with Crippen LogP contribution >= 0.6 is 0 Å². The maximum atomic E-state index is 5.16. The van der Waals surface area contributed by atoms with E-state index in [0.29, 0.717) is 6.04 Å². The highest BCUT2D eigenvalue weighted by Crippen LogP contribution is 2.27. The Morgan fingerprint density at radius 2 is 1.94 bits per heavy atom. The predicted octanol–water partition coefficient (Wildman–Crippen LogP) is 3.04. The Bertz CT molecular complexity index is 501. The number of anilines is 2. The second-order valence-electron chi connectivity index (χ2n) is 4.61. The summed E-state index contributed by atoms with van der Waals surface area (Å²) in [7, 11) is 0. The summed E-state index contributed by atoms with van der Waals surface area (Å²) in [6.07, 6.45) is 4.52. The third kappa shape index (κ3) is 2.13. The Kier molecular flexibility index (Phi) is 2.52. The first-order valence-corrected chi connectivity index (χ1v) is 5.93. The highest BCUT2D eigenvalue weighted by molar-refractivity contribution is 5.69. The van der Waals surface area contributed by atoms with Gasteiger partial charge in [0.25, 0.3) is 0 Å². The van der Waals surface area contributed by atoms with Crippen LogP contribution in [0, 0.1) is 6.92 Å². The molecule has 1 unspecified atom stereocenters. The number of fused-ring (bicyclic) bond motifs is 1. The van der Waals surface area contributed by atoms with Crippen molar-refractivity contribution in [1.82, 2.24) is 0 Å². The summed E-state index contributed by atoms with van der Waals surface area (Å²) in [6.45, 7) is 3.04. The average molecular weight is 228 g/mol. The van der Waals surface area contributed by atoms with Gasteiger partial charge in [-0.2, -0.15) is 0 Å². The van der Waals surface area contributed by atoms with Crippen molar-refractivity contribution in [2.24, 2.45) is 0 Å². The van der Waals surface area contributed by atoms with Crippen molar-refractivity contribution >= 4 is 11.4 Å². The van der Waals surface area contributed by atoms with Crippen LogP contribution in [0.3, 0.4) is 0 Å². The molecule has 0 saturated heterocycles. The quantitative estimate of drug-likeness (QED) is 0.829. The van der Waals surface area contributed by atoms with Crippen molar-refractivity contribution in [2.75, 3.05) is 17.2 Å². The number of furan rings is 1. The SMILES string of the molecule is Cc1ccc(CC2CNc3cocc3N2)cc1. The third-order valence-electron chi connectivity index (χ3n) is 3.16. The predicted molar refractivity (Wildman–Crippen MR) is 69.5 cm³/mol. The molecule has 1 atom stereocenters. The van der Waals surface area contributed by atoms with Crippen molar-refractivity contribution in [3.8, 4) is 0 Å². The molecule has 1 aromatic heterocycles. The molecule has 2 aromatic rings. The fraction of sp³-hybridized carbons (Fsp3) is 0.286. The van der Waals surface area contributed by atoms with Crippen LogP contribution in [0.1, 0.15) is 11.1 Å². The van der Waals surface area contributed by atoms with Crippen LogP contribution in [0.5, 0.6) is 0 Å². The molecule has 0 bridgehead atoms. The molecule has 1 aliphatic rings. The molecule has 3 heteroatoms. The van der Waals surface area contributed by atoms with Crippen LogP contribution in [-0.2, 0) is 6.42 Å². The van der Waals surface area contributed by atoms with E-state index >= 15 is 0 Å². The lowest BCUT2D eigenvalue weighted by Crippen LogP contribution is -2.34. The van der Waals surface area contributed by atoms with Gasteiger partial charge in [0.2, 0.25) is 0 Å². The second-order valence-corrected chi connectivity index (χ2v) is 4.61. The lowest BCUT2D eigenvalue weighted by atomic mass is 10.0. The minimum Gasteiger partial charge on any atom is -0.468 e. The van der Waals surface area contributed by atoms with E-state index in [-0.39, 0.29) is 0 Å². The zero-order valence-electron chi connectivity index (χ0n) is 9.86. The lowest BCUT2D eigenvalue weighted by molar-refractivity contribution is 0.569. The lowest BCUT2D eigenvalue weighted by Gasteiger charge is -2.25. The molecule has 17 heavy (non-hydrogen) atoms. The molecule has 3 nitrogen and oxygen atoms in total. The van der Waals surface area contributed by atoms with E-state index in [2.05, 4.69) is 41.8 Å². The van der Waals surface area contributed by atoms with Crippen molar-refractivity contribution < 1.29 is 4.42 Å². The number of nitrogens with one attached hydrogen (secondary N) is 2. The zero-order valence-corrected chi connectivity index (χ0v) is 9.86. The standard InChI is InChI=1S/C14H16N2O/c1-10-2-4-11(5-3-10)6-12-7-15-13-8-17-9-14(13)16-12/h2-5,8-9,12,15-16H,6-7H2,1H3. The highest BCUT2D eigenvalue weighted by Gasteiger charge is 2.18. The summed E-state index contributed by atoms with van der Waals surface area (Å²) in [5.74, 6) is 0. The molecule has 0 amide bonds. The van der Waals surface area contributed by atoms with E-state index in [9.17, 15) is 0 Å². The molecule has 0 fully saturated rings. The first kappa shape index (κ1) is 10.3. The Hall–Kier alpha value is -1.90. The van der Waals surface area contributed by atoms with Gasteiger partial charge >= 0.3 is 0 Å². The molecule has 1 aromatic carbocycles. The van der Waals surface area contributed by atoms with Gasteiger partial charge < -0.3 is 15.1 Å². The molecular weight excluding hydrogens is 212 g/mol. The Balaban J connectivity index is 1.69. The number of rotatable bonds is 2. The zero-order chi connectivity index (χ0) is 11.7. The van der Waals surface area contributed by atoms with Crippen LogP contribution in [0.25, 0.3) is 0 Å².